The third-order valence-corrected chi connectivity index (χ3v) is 5.45. The molecule has 1 aliphatic carbocycles. The van der Waals surface area contributed by atoms with Crippen LogP contribution in [0.4, 0.5) is 0 Å². The number of methoxy groups -OCH3 is 1. The van der Waals surface area contributed by atoms with Gasteiger partial charge in [-0.3, -0.25) is 9.48 Å². The Morgan fingerprint density at radius 2 is 2.30 bits per heavy atom. The molecular weight excluding hydrogens is 294 g/mol. The van der Waals surface area contributed by atoms with Gasteiger partial charge >= 0.3 is 0 Å². The molecule has 1 aliphatic heterocycles. The fourth-order valence-electron chi connectivity index (χ4n) is 4.15. The number of hydrogen-bond acceptors (Lipinski definition) is 4. The maximum atomic E-state index is 13.0. The molecule has 2 fully saturated rings. The van der Waals surface area contributed by atoms with Gasteiger partial charge in [0, 0.05) is 26.4 Å². The van der Waals surface area contributed by atoms with E-state index in [4.69, 9.17) is 4.74 Å². The summed E-state index contributed by atoms with van der Waals surface area (Å²) < 4.78 is 7.66. The molecule has 1 saturated carbocycles. The number of nitrogens with zero attached hydrogens (tertiary/aromatic N) is 3. The minimum Gasteiger partial charge on any atom is -0.393 e. The van der Waals surface area contributed by atoms with E-state index in [1.165, 1.54) is 0 Å². The van der Waals surface area contributed by atoms with Crippen molar-refractivity contribution in [1.82, 2.24) is 14.7 Å². The van der Waals surface area contributed by atoms with Crippen LogP contribution in [-0.2, 0) is 11.3 Å². The Kier molecular flexibility index (Phi) is 4.47. The summed E-state index contributed by atoms with van der Waals surface area (Å²) in [5.41, 5.74) is 1.16. The van der Waals surface area contributed by atoms with E-state index in [2.05, 4.69) is 12.0 Å². The van der Waals surface area contributed by atoms with Gasteiger partial charge in [0.15, 0.2) is 0 Å². The van der Waals surface area contributed by atoms with Crippen LogP contribution in [0.1, 0.15) is 55.1 Å². The highest BCUT2D eigenvalue weighted by Crippen LogP contribution is 2.43. The number of carbonyl (C=O) groups is 1. The second-order valence-corrected chi connectivity index (χ2v) is 6.85. The van der Waals surface area contributed by atoms with Crippen molar-refractivity contribution < 1.29 is 14.6 Å². The molecule has 23 heavy (non-hydrogen) atoms. The molecule has 1 aromatic rings. The number of amides is 1. The zero-order valence-electron chi connectivity index (χ0n) is 14.3. The predicted octanol–water partition coefficient (Wildman–Crippen LogP) is 1.75. The van der Waals surface area contributed by atoms with Crippen LogP contribution < -0.4 is 0 Å². The van der Waals surface area contributed by atoms with E-state index in [0.29, 0.717) is 18.5 Å². The Hall–Kier alpha value is -1.40. The number of aryl methyl sites for hydroxylation is 2. The molecule has 0 aromatic carbocycles. The largest absolute Gasteiger partial charge is 0.393 e. The Morgan fingerprint density at radius 3 is 3.00 bits per heavy atom. The van der Waals surface area contributed by atoms with Gasteiger partial charge in [0.25, 0.3) is 5.91 Å². The van der Waals surface area contributed by atoms with E-state index in [0.717, 1.165) is 37.9 Å². The van der Waals surface area contributed by atoms with Crippen molar-refractivity contribution in [3.05, 3.63) is 17.5 Å². The molecule has 3 rings (SSSR count). The highest BCUT2D eigenvalue weighted by atomic mass is 16.5. The van der Waals surface area contributed by atoms with Gasteiger partial charge in [-0.2, -0.15) is 5.10 Å². The first kappa shape index (κ1) is 16.5. The van der Waals surface area contributed by atoms with E-state index in [9.17, 15) is 9.90 Å². The molecule has 0 unspecified atom stereocenters. The van der Waals surface area contributed by atoms with Crippen LogP contribution in [0.2, 0.25) is 0 Å². The maximum Gasteiger partial charge on any atom is 0.257 e. The molecule has 6 nitrogen and oxygen atoms in total. The standard InChI is InChI=1S/C17H27N3O3/c1-4-8-19-11-14(12(2)18-19)16(22)20-9-7-17(23-3)6-5-13(21)10-15(17)20/h11,13,15,21H,4-10H2,1-3H3/t13-,15+,17-/m1/s1. The first-order chi connectivity index (χ1) is 11.0. The number of carbonyl (C=O) groups excluding carboxylic acids is 1. The number of aromatic nitrogens is 2. The van der Waals surface area contributed by atoms with Crippen LogP contribution in [0.5, 0.6) is 0 Å². The number of aliphatic hydroxyl groups excluding tert-OH is 1. The van der Waals surface area contributed by atoms with E-state index in [-0.39, 0.29) is 23.7 Å². The van der Waals surface area contributed by atoms with Gasteiger partial charge in [-0.05, 0) is 39.0 Å². The fraction of sp³-hybridized carbons (Fsp3) is 0.765. The van der Waals surface area contributed by atoms with Crippen molar-refractivity contribution in [2.45, 2.75) is 70.2 Å². The average Bonchev–Trinajstić information content (AvgIpc) is 3.08. The van der Waals surface area contributed by atoms with Crippen molar-refractivity contribution in [3.8, 4) is 0 Å². The lowest BCUT2D eigenvalue weighted by molar-refractivity contribution is -0.0824. The molecule has 1 N–H and O–H groups in total. The van der Waals surface area contributed by atoms with Gasteiger partial charge in [0.1, 0.15) is 0 Å². The van der Waals surface area contributed by atoms with Crippen molar-refractivity contribution in [1.29, 1.82) is 0 Å². The van der Waals surface area contributed by atoms with E-state index in [1.54, 1.807) is 7.11 Å². The summed E-state index contributed by atoms with van der Waals surface area (Å²) >= 11 is 0. The van der Waals surface area contributed by atoms with Crippen molar-refractivity contribution in [2.75, 3.05) is 13.7 Å². The number of aliphatic hydroxyl groups is 1. The fourth-order valence-corrected chi connectivity index (χ4v) is 4.15. The van der Waals surface area contributed by atoms with Crippen LogP contribution in [0.25, 0.3) is 0 Å². The molecular formula is C17H27N3O3. The Bertz CT molecular complexity index is 586. The summed E-state index contributed by atoms with van der Waals surface area (Å²) in [5.74, 6) is 0.0166. The van der Waals surface area contributed by atoms with Crippen LogP contribution in [0.15, 0.2) is 6.20 Å². The summed E-state index contributed by atoms with van der Waals surface area (Å²) in [6.07, 6.45) is 5.50. The van der Waals surface area contributed by atoms with Gasteiger partial charge in [0.2, 0.25) is 0 Å². The monoisotopic (exact) mass is 321 g/mol. The van der Waals surface area contributed by atoms with Crippen LogP contribution in [0, 0.1) is 6.92 Å². The second-order valence-electron chi connectivity index (χ2n) is 6.85. The number of likely N-dealkylation sites (tertiary alicyclic amines) is 1. The molecule has 2 aliphatic rings. The van der Waals surface area contributed by atoms with Gasteiger partial charge < -0.3 is 14.7 Å². The Labute approximate surface area is 137 Å². The lowest BCUT2D eigenvalue weighted by atomic mass is 9.79. The van der Waals surface area contributed by atoms with Gasteiger partial charge in [-0.1, -0.05) is 6.92 Å². The average molecular weight is 321 g/mol. The topological polar surface area (TPSA) is 67.6 Å². The molecule has 1 saturated heterocycles. The number of fused-ring (bicyclic) bond motifs is 1. The molecule has 1 aromatic heterocycles. The summed E-state index contributed by atoms with van der Waals surface area (Å²) in [7, 11) is 1.73. The SMILES string of the molecule is CCCn1cc(C(=O)N2CC[C@]3(OC)CC[C@@H](O)C[C@H]23)c(C)n1. The lowest BCUT2D eigenvalue weighted by Gasteiger charge is -2.42. The molecule has 1 amide bonds. The van der Waals surface area contributed by atoms with Gasteiger partial charge in [-0.15, -0.1) is 0 Å². The number of hydrogen-bond donors (Lipinski definition) is 1. The van der Waals surface area contributed by atoms with Crippen LogP contribution in [-0.4, -0.2) is 57.1 Å². The third-order valence-electron chi connectivity index (χ3n) is 5.45. The normalized spacial score (nSPS) is 30.5. The summed E-state index contributed by atoms with van der Waals surface area (Å²) in [4.78, 5) is 14.9. The summed E-state index contributed by atoms with van der Waals surface area (Å²) in [6, 6.07) is -0.0438. The van der Waals surface area contributed by atoms with E-state index in [1.807, 2.05) is 22.7 Å². The highest BCUT2D eigenvalue weighted by Gasteiger charge is 2.52. The van der Waals surface area contributed by atoms with Crippen molar-refractivity contribution in [2.24, 2.45) is 0 Å². The third kappa shape index (κ3) is 2.78. The summed E-state index contributed by atoms with van der Waals surface area (Å²) in [6.45, 7) is 5.48. The molecule has 6 heteroatoms. The first-order valence-electron chi connectivity index (χ1n) is 8.59. The zero-order chi connectivity index (χ0) is 16.6. The zero-order valence-corrected chi connectivity index (χ0v) is 14.3. The molecule has 128 valence electrons. The van der Waals surface area contributed by atoms with Crippen molar-refractivity contribution >= 4 is 5.91 Å². The molecule has 3 atom stereocenters. The predicted molar refractivity (Wildman–Crippen MR) is 86.3 cm³/mol. The Balaban J connectivity index is 1.85. The van der Waals surface area contributed by atoms with Gasteiger partial charge in [-0.25, -0.2) is 0 Å². The van der Waals surface area contributed by atoms with Crippen LogP contribution in [0.3, 0.4) is 0 Å². The summed E-state index contributed by atoms with van der Waals surface area (Å²) in [5, 5.41) is 14.5. The van der Waals surface area contributed by atoms with Crippen LogP contribution >= 0.6 is 0 Å². The molecule has 0 bridgehead atoms. The van der Waals surface area contributed by atoms with E-state index >= 15 is 0 Å². The highest BCUT2D eigenvalue weighted by molar-refractivity contribution is 5.95. The molecule has 0 radical (unpaired) electrons. The smallest absolute Gasteiger partial charge is 0.257 e. The van der Waals surface area contributed by atoms with Gasteiger partial charge in [0.05, 0.1) is 29.0 Å². The first-order valence-corrected chi connectivity index (χ1v) is 8.59. The quantitative estimate of drug-likeness (QED) is 0.917. The minimum absolute atomic E-state index is 0.0166. The molecule has 2 heterocycles. The number of ether oxygens (including phenoxy) is 1. The second kappa shape index (κ2) is 6.24. The maximum absolute atomic E-state index is 13.0. The lowest BCUT2D eigenvalue weighted by Crippen LogP contribution is -2.52. The van der Waals surface area contributed by atoms with E-state index < -0.39 is 0 Å². The Morgan fingerprint density at radius 1 is 1.52 bits per heavy atom. The number of rotatable bonds is 4. The van der Waals surface area contributed by atoms with Crippen molar-refractivity contribution in [3.63, 3.8) is 0 Å². The minimum atomic E-state index is -0.347. The molecule has 0 spiro atoms.